The summed E-state index contributed by atoms with van der Waals surface area (Å²) in [6, 6.07) is 6.81. The van der Waals surface area contributed by atoms with Crippen LogP contribution in [0.15, 0.2) is 24.3 Å². The third-order valence-electron chi connectivity index (χ3n) is 4.99. The number of nitrogens with zero attached hydrogens (tertiary/aromatic N) is 3. The zero-order valence-electron chi connectivity index (χ0n) is 15.6. The minimum absolute atomic E-state index is 0.0348. The number of amides is 3. The van der Waals surface area contributed by atoms with Gasteiger partial charge in [0.15, 0.2) is 12.3 Å². The number of fused-ring (bicyclic) bond motifs is 1. The molecule has 3 heterocycles. The number of ether oxygens (including phenoxy) is 1. The van der Waals surface area contributed by atoms with E-state index in [1.807, 2.05) is 0 Å². The molecule has 152 valence electrons. The van der Waals surface area contributed by atoms with Crippen molar-refractivity contribution in [2.24, 2.45) is 0 Å². The quantitative estimate of drug-likeness (QED) is 0.757. The van der Waals surface area contributed by atoms with Gasteiger partial charge in [0.25, 0.3) is 11.8 Å². The largest absolute Gasteiger partial charge is 0.484 e. The number of rotatable bonds is 4. The van der Waals surface area contributed by atoms with Gasteiger partial charge in [0.05, 0.1) is 18.8 Å². The molecule has 0 spiro atoms. The van der Waals surface area contributed by atoms with Crippen molar-refractivity contribution in [2.45, 2.75) is 13.0 Å². The number of halogens is 1. The zero-order chi connectivity index (χ0) is 20.4. The maximum absolute atomic E-state index is 12.7. The molecule has 10 heteroatoms. The van der Waals surface area contributed by atoms with Gasteiger partial charge in [0, 0.05) is 30.2 Å². The van der Waals surface area contributed by atoms with Gasteiger partial charge in [-0.15, -0.1) is 0 Å². The highest BCUT2D eigenvalue weighted by atomic mass is 35.5. The Balaban J connectivity index is 1.38. The van der Waals surface area contributed by atoms with Crippen LogP contribution in [0.5, 0.6) is 5.75 Å². The standard InChI is InChI=1S/C19H20ClN5O4/c20-12-1-3-13(4-2-12)29-11-17(27)24-7-5-14-15(9-24)22-23-18(14)19(28)25-8-6-21-16(26)10-25/h1-4H,5-11H2,(H,21,26)(H,22,23). The molecule has 1 fully saturated rings. The number of carbonyl (C=O) groups excluding carboxylic acids is 3. The first-order valence-corrected chi connectivity index (χ1v) is 9.67. The van der Waals surface area contributed by atoms with Crippen LogP contribution in [0.4, 0.5) is 0 Å². The predicted octanol–water partition coefficient (Wildman–Crippen LogP) is 0.599. The second kappa shape index (κ2) is 8.12. The molecule has 2 N–H and O–H groups in total. The molecule has 1 saturated heterocycles. The number of hydrogen-bond donors (Lipinski definition) is 2. The molecule has 3 amide bonds. The van der Waals surface area contributed by atoms with Crippen molar-refractivity contribution in [1.82, 2.24) is 25.3 Å². The first-order valence-electron chi connectivity index (χ1n) is 9.29. The Morgan fingerprint density at radius 2 is 1.93 bits per heavy atom. The molecule has 29 heavy (non-hydrogen) atoms. The van der Waals surface area contributed by atoms with E-state index in [9.17, 15) is 14.4 Å². The van der Waals surface area contributed by atoms with E-state index in [0.29, 0.717) is 49.1 Å². The minimum atomic E-state index is -0.261. The lowest BCUT2D eigenvalue weighted by molar-refractivity contribution is -0.134. The molecule has 2 aliphatic heterocycles. The van der Waals surface area contributed by atoms with Crippen LogP contribution >= 0.6 is 11.6 Å². The molecule has 1 aromatic carbocycles. The van der Waals surface area contributed by atoms with Crippen molar-refractivity contribution in [3.8, 4) is 5.75 Å². The van der Waals surface area contributed by atoms with Crippen molar-refractivity contribution in [1.29, 1.82) is 0 Å². The Bertz CT molecular complexity index is 943. The van der Waals surface area contributed by atoms with Crippen LogP contribution in [0, 0.1) is 0 Å². The Kier molecular flexibility index (Phi) is 5.39. The van der Waals surface area contributed by atoms with Gasteiger partial charge >= 0.3 is 0 Å². The number of H-pyrrole nitrogens is 1. The van der Waals surface area contributed by atoms with Crippen LogP contribution in [-0.2, 0) is 22.6 Å². The van der Waals surface area contributed by atoms with Gasteiger partial charge in [-0.05, 0) is 30.7 Å². The lowest BCUT2D eigenvalue weighted by Gasteiger charge is -2.28. The van der Waals surface area contributed by atoms with Crippen LogP contribution in [0.3, 0.4) is 0 Å². The summed E-state index contributed by atoms with van der Waals surface area (Å²) in [5.74, 6) is -0.0177. The number of benzene rings is 1. The Labute approximate surface area is 171 Å². The van der Waals surface area contributed by atoms with E-state index in [4.69, 9.17) is 16.3 Å². The third kappa shape index (κ3) is 4.19. The van der Waals surface area contributed by atoms with Crippen molar-refractivity contribution in [3.05, 3.63) is 46.2 Å². The van der Waals surface area contributed by atoms with E-state index in [2.05, 4.69) is 15.5 Å². The first kappa shape index (κ1) is 19.3. The molecule has 0 bridgehead atoms. The fourth-order valence-corrected chi connectivity index (χ4v) is 3.56. The molecule has 2 aromatic rings. The summed E-state index contributed by atoms with van der Waals surface area (Å²) < 4.78 is 5.52. The van der Waals surface area contributed by atoms with Gasteiger partial charge in [0.1, 0.15) is 5.75 Å². The molecule has 0 saturated carbocycles. The molecular weight excluding hydrogens is 398 g/mol. The maximum Gasteiger partial charge on any atom is 0.275 e. The smallest absolute Gasteiger partial charge is 0.275 e. The second-order valence-corrected chi connectivity index (χ2v) is 7.35. The molecule has 4 rings (SSSR count). The number of nitrogens with one attached hydrogen (secondary N) is 2. The number of aromatic amines is 1. The summed E-state index contributed by atoms with van der Waals surface area (Å²) in [4.78, 5) is 39.9. The van der Waals surface area contributed by atoms with Gasteiger partial charge in [0.2, 0.25) is 5.91 Å². The van der Waals surface area contributed by atoms with Crippen LogP contribution in [0.2, 0.25) is 5.02 Å². The SMILES string of the molecule is O=C1CN(C(=O)c2n[nH]c3c2CCN(C(=O)COc2ccc(Cl)cc2)C3)CCN1. The Hall–Kier alpha value is -3.07. The highest BCUT2D eigenvalue weighted by Gasteiger charge is 2.31. The van der Waals surface area contributed by atoms with E-state index in [0.717, 1.165) is 11.3 Å². The Morgan fingerprint density at radius 1 is 1.14 bits per heavy atom. The molecule has 0 unspecified atom stereocenters. The number of aromatic nitrogens is 2. The summed E-state index contributed by atoms with van der Waals surface area (Å²) in [5, 5.41) is 10.3. The number of hydrogen-bond acceptors (Lipinski definition) is 5. The molecule has 0 atom stereocenters. The van der Waals surface area contributed by atoms with Crippen LogP contribution in [-0.4, -0.2) is 70.5 Å². The lowest BCUT2D eigenvalue weighted by atomic mass is 10.0. The van der Waals surface area contributed by atoms with Crippen molar-refractivity contribution in [2.75, 3.05) is 32.8 Å². The van der Waals surface area contributed by atoms with Gasteiger partial charge in [-0.2, -0.15) is 5.10 Å². The molecular formula is C19H20ClN5O4. The summed E-state index contributed by atoms with van der Waals surface area (Å²) >= 11 is 5.84. The van der Waals surface area contributed by atoms with Gasteiger partial charge in [-0.1, -0.05) is 11.6 Å². The monoisotopic (exact) mass is 417 g/mol. The second-order valence-electron chi connectivity index (χ2n) is 6.91. The van der Waals surface area contributed by atoms with Gasteiger partial charge in [-0.3, -0.25) is 19.5 Å². The minimum Gasteiger partial charge on any atom is -0.484 e. The summed E-state index contributed by atoms with van der Waals surface area (Å²) in [5.41, 5.74) is 1.88. The summed E-state index contributed by atoms with van der Waals surface area (Å²) in [6.07, 6.45) is 0.514. The topological polar surface area (TPSA) is 108 Å². The molecule has 1 aromatic heterocycles. The number of piperazine rings is 1. The van der Waals surface area contributed by atoms with E-state index in [-0.39, 0.29) is 30.9 Å². The molecule has 0 aliphatic carbocycles. The van der Waals surface area contributed by atoms with Crippen molar-refractivity contribution < 1.29 is 19.1 Å². The third-order valence-corrected chi connectivity index (χ3v) is 5.24. The average molecular weight is 418 g/mol. The predicted molar refractivity (Wildman–Crippen MR) is 104 cm³/mol. The molecule has 2 aliphatic rings. The number of carbonyl (C=O) groups is 3. The van der Waals surface area contributed by atoms with E-state index < -0.39 is 0 Å². The van der Waals surface area contributed by atoms with Crippen LogP contribution in [0.1, 0.15) is 21.7 Å². The van der Waals surface area contributed by atoms with E-state index in [1.165, 1.54) is 4.90 Å². The lowest BCUT2D eigenvalue weighted by Crippen LogP contribution is -2.50. The first-order chi connectivity index (χ1) is 14.0. The zero-order valence-corrected chi connectivity index (χ0v) is 16.4. The van der Waals surface area contributed by atoms with Gasteiger partial charge < -0.3 is 19.9 Å². The average Bonchev–Trinajstić information content (AvgIpc) is 3.16. The van der Waals surface area contributed by atoms with Gasteiger partial charge in [-0.25, -0.2) is 0 Å². The summed E-state index contributed by atoms with van der Waals surface area (Å²) in [6.45, 7) is 1.65. The van der Waals surface area contributed by atoms with Crippen LogP contribution < -0.4 is 10.1 Å². The van der Waals surface area contributed by atoms with E-state index >= 15 is 0 Å². The fourth-order valence-electron chi connectivity index (χ4n) is 3.44. The highest BCUT2D eigenvalue weighted by Crippen LogP contribution is 2.22. The maximum atomic E-state index is 12.7. The van der Waals surface area contributed by atoms with E-state index in [1.54, 1.807) is 29.2 Å². The van der Waals surface area contributed by atoms with Crippen LogP contribution in [0.25, 0.3) is 0 Å². The normalized spacial score (nSPS) is 16.2. The Morgan fingerprint density at radius 3 is 2.69 bits per heavy atom. The molecule has 9 nitrogen and oxygen atoms in total. The summed E-state index contributed by atoms with van der Waals surface area (Å²) in [7, 11) is 0. The highest BCUT2D eigenvalue weighted by molar-refractivity contribution is 6.30. The van der Waals surface area contributed by atoms with Crippen molar-refractivity contribution in [3.63, 3.8) is 0 Å². The van der Waals surface area contributed by atoms with Crippen molar-refractivity contribution >= 4 is 29.3 Å². The molecule has 0 radical (unpaired) electrons. The fraction of sp³-hybridized carbons (Fsp3) is 0.368.